The van der Waals surface area contributed by atoms with Crippen LogP contribution in [0.2, 0.25) is 0 Å². The first-order valence-corrected chi connectivity index (χ1v) is 5.65. The molecule has 6 heteroatoms. The van der Waals surface area contributed by atoms with E-state index in [-0.39, 0.29) is 23.7 Å². The number of carboxylic acid groups (broad SMARTS) is 1. The highest BCUT2D eigenvalue weighted by Crippen LogP contribution is 2.10. The fourth-order valence-electron chi connectivity index (χ4n) is 1.39. The van der Waals surface area contributed by atoms with Gasteiger partial charge in [-0.25, -0.2) is 9.78 Å². The van der Waals surface area contributed by atoms with Gasteiger partial charge in [0, 0.05) is 12.0 Å². The molecule has 6 nitrogen and oxygen atoms in total. The average Bonchev–Trinajstić information content (AvgIpc) is 2.27. The number of hydrogen-bond acceptors (Lipinski definition) is 4. The second-order valence-corrected chi connectivity index (χ2v) is 4.23. The third kappa shape index (κ3) is 3.73. The van der Waals surface area contributed by atoms with Crippen molar-refractivity contribution in [3.05, 3.63) is 34.9 Å². The SMILES string of the molecule is C=CCC(Nc1cc(=O)[nH]c(C(C)C)n1)C(=O)O. The Hall–Kier alpha value is -2.11. The van der Waals surface area contributed by atoms with Crippen LogP contribution < -0.4 is 10.9 Å². The van der Waals surface area contributed by atoms with E-state index >= 15 is 0 Å². The van der Waals surface area contributed by atoms with Crippen LogP contribution >= 0.6 is 0 Å². The molecule has 1 aromatic heterocycles. The van der Waals surface area contributed by atoms with Gasteiger partial charge in [-0.3, -0.25) is 4.79 Å². The van der Waals surface area contributed by atoms with Crippen molar-refractivity contribution in [1.82, 2.24) is 9.97 Å². The maximum absolute atomic E-state index is 11.4. The van der Waals surface area contributed by atoms with Crippen LogP contribution in [-0.4, -0.2) is 27.1 Å². The van der Waals surface area contributed by atoms with Crippen LogP contribution in [0.3, 0.4) is 0 Å². The summed E-state index contributed by atoms with van der Waals surface area (Å²) >= 11 is 0. The van der Waals surface area contributed by atoms with Crippen molar-refractivity contribution in [2.45, 2.75) is 32.2 Å². The van der Waals surface area contributed by atoms with Gasteiger partial charge in [0.2, 0.25) is 0 Å². The van der Waals surface area contributed by atoms with Crippen LogP contribution in [0.1, 0.15) is 32.0 Å². The van der Waals surface area contributed by atoms with Gasteiger partial charge in [0.1, 0.15) is 17.7 Å². The van der Waals surface area contributed by atoms with Crippen LogP contribution in [0.15, 0.2) is 23.5 Å². The van der Waals surface area contributed by atoms with Crippen LogP contribution in [0.25, 0.3) is 0 Å². The molecule has 1 unspecified atom stereocenters. The highest BCUT2D eigenvalue weighted by molar-refractivity contribution is 5.77. The number of nitrogens with one attached hydrogen (secondary N) is 2. The van der Waals surface area contributed by atoms with Crippen molar-refractivity contribution < 1.29 is 9.90 Å². The summed E-state index contributed by atoms with van der Waals surface area (Å²) in [4.78, 5) is 29.2. The van der Waals surface area contributed by atoms with Gasteiger partial charge in [-0.15, -0.1) is 6.58 Å². The molecular weight excluding hydrogens is 234 g/mol. The number of aromatic nitrogens is 2. The molecule has 98 valence electrons. The summed E-state index contributed by atoms with van der Waals surface area (Å²) in [5, 5.41) is 11.7. The first-order chi connectivity index (χ1) is 8.43. The number of carboxylic acids is 1. The lowest BCUT2D eigenvalue weighted by Crippen LogP contribution is -2.30. The molecule has 0 saturated carbocycles. The van der Waals surface area contributed by atoms with Crippen molar-refractivity contribution in [2.75, 3.05) is 5.32 Å². The van der Waals surface area contributed by atoms with E-state index in [9.17, 15) is 9.59 Å². The number of aromatic amines is 1. The standard InChI is InChI=1S/C12H17N3O3/c1-4-5-8(12(17)18)13-9-6-10(16)15-11(14-9)7(2)3/h4,6-8H,1,5H2,2-3H3,(H,17,18)(H2,13,14,15,16). The quantitative estimate of drug-likeness (QED) is 0.663. The van der Waals surface area contributed by atoms with Gasteiger partial charge < -0.3 is 15.4 Å². The van der Waals surface area contributed by atoms with E-state index in [1.807, 2.05) is 13.8 Å². The Morgan fingerprint density at radius 1 is 1.67 bits per heavy atom. The molecule has 0 aliphatic carbocycles. The zero-order valence-corrected chi connectivity index (χ0v) is 10.4. The predicted octanol–water partition coefficient (Wildman–Crippen LogP) is 1.33. The second-order valence-electron chi connectivity index (χ2n) is 4.23. The van der Waals surface area contributed by atoms with E-state index in [4.69, 9.17) is 5.11 Å². The molecule has 3 N–H and O–H groups in total. The highest BCUT2D eigenvalue weighted by Gasteiger charge is 2.16. The van der Waals surface area contributed by atoms with E-state index in [1.54, 1.807) is 0 Å². The molecule has 18 heavy (non-hydrogen) atoms. The monoisotopic (exact) mass is 251 g/mol. The van der Waals surface area contributed by atoms with Gasteiger partial charge in [-0.1, -0.05) is 19.9 Å². The van der Waals surface area contributed by atoms with E-state index < -0.39 is 12.0 Å². The fourth-order valence-corrected chi connectivity index (χ4v) is 1.39. The molecule has 0 spiro atoms. The highest BCUT2D eigenvalue weighted by atomic mass is 16.4. The maximum Gasteiger partial charge on any atom is 0.326 e. The number of H-pyrrole nitrogens is 1. The smallest absolute Gasteiger partial charge is 0.326 e. The Morgan fingerprint density at radius 2 is 2.33 bits per heavy atom. The van der Waals surface area contributed by atoms with Crippen LogP contribution in [-0.2, 0) is 4.79 Å². The Morgan fingerprint density at radius 3 is 2.83 bits per heavy atom. The van der Waals surface area contributed by atoms with Crippen LogP contribution in [0, 0.1) is 0 Å². The zero-order valence-electron chi connectivity index (χ0n) is 10.4. The Labute approximate surface area is 105 Å². The van der Waals surface area contributed by atoms with Crippen molar-refractivity contribution in [3.63, 3.8) is 0 Å². The Kier molecular flexibility index (Phi) is 4.65. The number of rotatable bonds is 6. The second kappa shape index (κ2) is 6.00. The first kappa shape index (κ1) is 14.0. The molecular formula is C12H17N3O3. The molecule has 1 aromatic rings. The van der Waals surface area contributed by atoms with E-state index in [1.165, 1.54) is 12.1 Å². The zero-order chi connectivity index (χ0) is 13.7. The molecule has 1 atom stereocenters. The molecule has 0 aliphatic heterocycles. The predicted molar refractivity (Wildman–Crippen MR) is 68.8 cm³/mol. The summed E-state index contributed by atoms with van der Waals surface area (Å²) in [5.74, 6) is -0.172. The average molecular weight is 251 g/mol. The molecule has 0 bridgehead atoms. The molecule has 0 saturated heterocycles. The lowest BCUT2D eigenvalue weighted by molar-refractivity contribution is -0.137. The number of aliphatic carboxylic acids is 1. The number of nitrogens with zero attached hydrogens (tertiary/aromatic N) is 1. The summed E-state index contributed by atoms with van der Waals surface area (Å²) < 4.78 is 0. The van der Waals surface area contributed by atoms with Crippen molar-refractivity contribution >= 4 is 11.8 Å². The van der Waals surface area contributed by atoms with Crippen molar-refractivity contribution in [3.8, 4) is 0 Å². The summed E-state index contributed by atoms with van der Waals surface area (Å²) in [7, 11) is 0. The maximum atomic E-state index is 11.4. The summed E-state index contributed by atoms with van der Waals surface area (Å²) in [6.07, 6.45) is 1.75. The minimum Gasteiger partial charge on any atom is -0.480 e. The first-order valence-electron chi connectivity index (χ1n) is 5.65. The molecule has 0 aliphatic rings. The number of hydrogen-bond donors (Lipinski definition) is 3. The molecule has 0 radical (unpaired) electrons. The summed E-state index contributed by atoms with van der Waals surface area (Å²) in [6.45, 7) is 7.27. The van der Waals surface area contributed by atoms with E-state index in [0.717, 1.165) is 0 Å². The fraction of sp³-hybridized carbons (Fsp3) is 0.417. The molecule has 0 fully saturated rings. The van der Waals surface area contributed by atoms with Gasteiger partial charge in [-0.05, 0) is 6.42 Å². The molecule has 1 heterocycles. The Bertz CT molecular complexity index is 494. The molecule has 0 aromatic carbocycles. The van der Waals surface area contributed by atoms with Gasteiger partial charge in [0.25, 0.3) is 5.56 Å². The summed E-state index contributed by atoms with van der Waals surface area (Å²) in [6, 6.07) is 0.405. The minimum atomic E-state index is -1.01. The normalized spacial score (nSPS) is 12.2. The van der Waals surface area contributed by atoms with Gasteiger partial charge >= 0.3 is 5.97 Å². The molecule has 1 rings (SSSR count). The minimum absolute atomic E-state index is 0.0575. The van der Waals surface area contributed by atoms with E-state index in [0.29, 0.717) is 5.82 Å². The lowest BCUT2D eigenvalue weighted by Gasteiger charge is -2.14. The Balaban J connectivity index is 2.98. The van der Waals surface area contributed by atoms with E-state index in [2.05, 4.69) is 21.9 Å². The van der Waals surface area contributed by atoms with Crippen molar-refractivity contribution in [1.29, 1.82) is 0 Å². The van der Waals surface area contributed by atoms with Crippen LogP contribution in [0.5, 0.6) is 0 Å². The third-order valence-electron chi connectivity index (χ3n) is 2.33. The van der Waals surface area contributed by atoms with Crippen molar-refractivity contribution in [2.24, 2.45) is 0 Å². The van der Waals surface area contributed by atoms with Crippen LogP contribution in [0.4, 0.5) is 5.82 Å². The summed E-state index contributed by atoms with van der Waals surface area (Å²) in [5.41, 5.74) is -0.307. The number of anilines is 1. The third-order valence-corrected chi connectivity index (χ3v) is 2.33. The van der Waals surface area contributed by atoms with Gasteiger partial charge in [0.05, 0.1) is 0 Å². The largest absolute Gasteiger partial charge is 0.480 e. The van der Waals surface area contributed by atoms with Gasteiger partial charge in [-0.2, -0.15) is 0 Å². The topological polar surface area (TPSA) is 95.1 Å². The lowest BCUT2D eigenvalue weighted by atomic mass is 10.2. The van der Waals surface area contributed by atoms with Gasteiger partial charge in [0.15, 0.2) is 0 Å². The number of carbonyl (C=O) groups is 1. The molecule has 0 amide bonds.